The lowest BCUT2D eigenvalue weighted by Crippen LogP contribution is -2.28. The molecule has 2 aliphatic carbocycles. The van der Waals surface area contributed by atoms with Crippen molar-refractivity contribution < 1.29 is 0 Å². The standard InChI is InChI=1S/C28H19Cl/c1-28(27-16-7-4-13-24(27)22-11-8-12-23(29)19-22)25-14-5-2-9-20(25)17-18-21-10-3-6-15-26(21)28/h2-7,9-10,12-19H,1H3. The van der Waals surface area contributed by atoms with Gasteiger partial charge in [-0.15, -0.1) is 0 Å². The van der Waals surface area contributed by atoms with Gasteiger partial charge in [-0.3, -0.25) is 0 Å². The van der Waals surface area contributed by atoms with Gasteiger partial charge in [-0.25, -0.2) is 0 Å². The van der Waals surface area contributed by atoms with E-state index >= 15 is 0 Å². The Morgan fingerprint density at radius 1 is 0.724 bits per heavy atom. The van der Waals surface area contributed by atoms with Gasteiger partial charge in [-0.05, 0) is 46.4 Å². The minimum absolute atomic E-state index is 0.330. The lowest BCUT2D eigenvalue weighted by molar-refractivity contribution is 0.689. The average molecular weight is 391 g/mol. The van der Waals surface area contributed by atoms with Gasteiger partial charge in [0.25, 0.3) is 0 Å². The fourth-order valence-corrected chi connectivity index (χ4v) is 4.67. The third-order valence-electron chi connectivity index (χ3n) is 5.90. The minimum Gasteiger partial charge on any atom is -0.0836 e. The Hall–Kier alpha value is -3.27. The molecule has 0 aromatic heterocycles. The summed E-state index contributed by atoms with van der Waals surface area (Å²) in [5.41, 5.74) is 14.4. The molecule has 3 aromatic carbocycles. The second-order valence-corrected chi connectivity index (χ2v) is 7.97. The van der Waals surface area contributed by atoms with Crippen LogP contribution in [0.3, 0.4) is 0 Å². The summed E-state index contributed by atoms with van der Waals surface area (Å²) in [7, 11) is 0. The molecule has 0 fully saturated rings. The second kappa shape index (κ2) is 6.96. The van der Waals surface area contributed by atoms with Crippen LogP contribution in [0.4, 0.5) is 0 Å². The van der Waals surface area contributed by atoms with Crippen LogP contribution >= 0.6 is 11.6 Å². The summed E-state index contributed by atoms with van der Waals surface area (Å²) in [5, 5.41) is 0.669. The highest BCUT2D eigenvalue weighted by Crippen LogP contribution is 2.46. The van der Waals surface area contributed by atoms with Crippen LogP contribution in [-0.2, 0) is 5.41 Å². The fourth-order valence-electron chi connectivity index (χ4n) is 4.51. The Morgan fingerprint density at radius 3 is 1.90 bits per heavy atom. The summed E-state index contributed by atoms with van der Waals surface area (Å²) in [4.78, 5) is 0. The Labute approximate surface area is 176 Å². The van der Waals surface area contributed by atoms with E-state index in [4.69, 9.17) is 11.6 Å². The van der Waals surface area contributed by atoms with Crippen molar-refractivity contribution in [1.82, 2.24) is 0 Å². The maximum absolute atomic E-state index is 6.29. The summed E-state index contributed by atoms with van der Waals surface area (Å²) in [6, 6.07) is 25.9. The summed E-state index contributed by atoms with van der Waals surface area (Å²) in [6.07, 6.45) is 8.16. The predicted molar refractivity (Wildman–Crippen MR) is 123 cm³/mol. The van der Waals surface area contributed by atoms with Crippen LogP contribution < -0.4 is 0 Å². The Morgan fingerprint density at radius 2 is 1.28 bits per heavy atom. The van der Waals surface area contributed by atoms with Crippen molar-refractivity contribution in [3.05, 3.63) is 135 Å². The van der Waals surface area contributed by atoms with Gasteiger partial charge in [0.2, 0.25) is 0 Å². The molecule has 0 unspecified atom stereocenters. The average Bonchev–Trinajstić information content (AvgIpc) is 2.90. The molecule has 0 saturated heterocycles. The third kappa shape index (κ3) is 2.87. The van der Waals surface area contributed by atoms with Crippen molar-refractivity contribution in [3.63, 3.8) is 0 Å². The van der Waals surface area contributed by atoms with Crippen molar-refractivity contribution >= 4 is 29.3 Å². The van der Waals surface area contributed by atoms with Crippen LogP contribution in [0.15, 0.2) is 101 Å². The number of hydrogen-bond acceptors (Lipinski definition) is 0. The third-order valence-corrected chi connectivity index (χ3v) is 6.11. The van der Waals surface area contributed by atoms with Gasteiger partial charge in [0.05, 0.1) is 5.03 Å². The number of hydrogen-bond donors (Lipinski definition) is 0. The molecule has 138 valence electrons. The first-order chi connectivity index (χ1) is 14.2. The van der Waals surface area contributed by atoms with Crippen LogP contribution in [0.25, 0.3) is 17.7 Å². The molecule has 0 saturated carbocycles. The maximum atomic E-state index is 6.29. The molecule has 0 amide bonds. The largest absolute Gasteiger partial charge is 0.0836 e. The molecule has 0 atom stereocenters. The zero-order valence-electron chi connectivity index (χ0n) is 16.1. The molecular formula is C28H19Cl. The normalized spacial score (nSPS) is 15.8. The van der Waals surface area contributed by atoms with Crippen molar-refractivity contribution in [1.29, 1.82) is 0 Å². The highest BCUT2D eigenvalue weighted by Gasteiger charge is 2.37. The Bertz CT molecular complexity index is 1240. The smallest absolute Gasteiger partial charge is 0.0502 e. The zero-order valence-corrected chi connectivity index (χ0v) is 16.9. The van der Waals surface area contributed by atoms with Crippen LogP contribution in [0.2, 0.25) is 0 Å². The van der Waals surface area contributed by atoms with Crippen LogP contribution in [-0.4, -0.2) is 0 Å². The van der Waals surface area contributed by atoms with Gasteiger partial charge in [0.15, 0.2) is 0 Å². The van der Waals surface area contributed by atoms with E-state index in [1.165, 1.54) is 27.8 Å². The first-order valence-corrected chi connectivity index (χ1v) is 10.1. The molecule has 0 N–H and O–H groups in total. The molecule has 29 heavy (non-hydrogen) atoms. The zero-order chi connectivity index (χ0) is 19.8. The van der Waals surface area contributed by atoms with E-state index in [0.717, 1.165) is 11.1 Å². The van der Waals surface area contributed by atoms with E-state index in [1.54, 1.807) is 6.08 Å². The molecule has 3 aromatic rings. The SMILES string of the molecule is CC1(c2ccccc2C2=C=C=CC(Cl)=C2)c2ccccc2C=Cc2ccccc21. The highest BCUT2D eigenvalue weighted by molar-refractivity contribution is 6.32. The summed E-state index contributed by atoms with van der Waals surface area (Å²) in [6.45, 7) is 2.32. The van der Waals surface area contributed by atoms with E-state index in [2.05, 4.69) is 103 Å². The fraction of sp³-hybridized carbons (Fsp3) is 0.0714. The van der Waals surface area contributed by atoms with E-state index in [0.29, 0.717) is 5.03 Å². The topological polar surface area (TPSA) is 0 Å². The molecule has 2 aliphatic rings. The van der Waals surface area contributed by atoms with Gasteiger partial charge >= 0.3 is 0 Å². The summed E-state index contributed by atoms with van der Waals surface area (Å²) in [5.74, 6) is 0. The Balaban J connectivity index is 1.88. The number of rotatable bonds is 2. The number of benzene rings is 3. The molecule has 0 heterocycles. The van der Waals surface area contributed by atoms with Gasteiger partial charge in [-0.1, -0.05) is 108 Å². The number of fused-ring (bicyclic) bond motifs is 2. The maximum Gasteiger partial charge on any atom is 0.0502 e. The monoisotopic (exact) mass is 390 g/mol. The van der Waals surface area contributed by atoms with E-state index in [9.17, 15) is 0 Å². The lowest BCUT2D eigenvalue weighted by Gasteiger charge is -2.35. The second-order valence-electron chi connectivity index (χ2n) is 7.53. The van der Waals surface area contributed by atoms with Gasteiger partial charge in [-0.2, -0.15) is 0 Å². The summed E-state index contributed by atoms with van der Waals surface area (Å²) < 4.78 is 0. The van der Waals surface area contributed by atoms with Crippen molar-refractivity contribution in [2.45, 2.75) is 12.3 Å². The van der Waals surface area contributed by atoms with Crippen LogP contribution in [0.1, 0.15) is 40.3 Å². The molecule has 5 rings (SSSR count). The van der Waals surface area contributed by atoms with Crippen LogP contribution in [0.5, 0.6) is 0 Å². The van der Waals surface area contributed by atoms with E-state index in [-0.39, 0.29) is 5.41 Å². The van der Waals surface area contributed by atoms with E-state index in [1.807, 2.05) is 6.08 Å². The van der Waals surface area contributed by atoms with Crippen molar-refractivity contribution in [2.75, 3.05) is 0 Å². The first kappa shape index (κ1) is 17.8. The molecule has 0 nitrogen and oxygen atoms in total. The minimum atomic E-state index is -0.330. The molecule has 0 radical (unpaired) electrons. The van der Waals surface area contributed by atoms with Gasteiger partial charge < -0.3 is 0 Å². The van der Waals surface area contributed by atoms with Crippen molar-refractivity contribution in [3.8, 4) is 0 Å². The molecule has 0 aliphatic heterocycles. The first-order valence-electron chi connectivity index (χ1n) is 9.74. The van der Waals surface area contributed by atoms with Gasteiger partial charge in [0.1, 0.15) is 0 Å². The quantitative estimate of drug-likeness (QED) is 0.401. The summed E-state index contributed by atoms with van der Waals surface area (Å²) >= 11 is 6.29. The van der Waals surface area contributed by atoms with E-state index < -0.39 is 0 Å². The highest BCUT2D eigenvalue weighted by atomic mass is 35.5. The molecule has 1 heteroatoms. The molecular weight excluding hydrogens is 372 g/mol. The molecule has 0 bridgehead atoms. The molecule has 0 spiro atoms. The van der Waals surface area contributed by atoms with Gasteiger partial charge in [0, 0.05) is 17.1 Å². The van der Waals surface area contributed by atoms with Crippen molar-refractivity contribution in [2.24, 2.45) is 0 Å². The number of allylic oxidation sites excluding steroid dienone is 4. The predicted octanol–water partition coefficient (Wildman–Crippen LogP) is 7.35. The number of halogens is 1. The lowest BCUT2D eigenvalue weighted by atomic mass is 9.67. The van der Waals surface area contributed by atoms with Crippen LogP contribution in [0, 0.1) is 0 Å². The Kier molecular flexibility index (Phi) is 4.27.